The Morgan fingerprint density at radius 2 is 1.10 bits per heavy atom. The number of benzene rings is 4. The number of nitrogens with zero attached hydrogens (tertiary/aromatic N) is 2. The molecule has 0 fully saturated rings. The van der Waals surface area contributed by atoms with Crippen molar-refractivity contribution >= 4 is 26.7 Å². The molecule has 29 heavy (non-hydrogen) atoms. The van der Waals surface area contributed by atoms with Gasteiger partial charge in [0.1, 0.15) is 0 Å². The lowest BCUT2D eigenvalue weighted by Gasteiger charge is -2.12. The molecule has 3 heteroatoms. The summed E-state index contributed by atoms with van der Waals surface area (Å²) < 4.78 is 1.08. The monoisotopic (exact) mass is 436 g/mol. The Balaban J connectivity index is 1.79. The van der Waals surface area contributed by atoms with Crippen molar-refractivity contribution in [3.05, 3.63) is 108 Å². The molecule has 0 unspecified atom stereocenters. The average Bonchev–Trinajstić information content (AvgIpc) is 2.80. The second-order valence-electron chi connectivity index (χ2n) is 6.83. The predicted octanol–water partition coefficient (Wildman–Crippen LogP) is 7.39. The summed E-state index contributed by atoms with van der Waals surface area (Å²) in [5.74, 6) is 0.731. The molecule has 1 heterocycles. The quantitative estimate of drug-likeness (QED) is 0.294. The molecule has 0 atom stereocenters. The van der Waals surface area contributed by atoms with Crippen LogP contribution in [0.25, 0.3) is 44.7 Å². The molecule has 0 spiro atoms. The van der Waals surface area contributed by atoms with Crippen molar-refractivity contribution in [3.8, 4) is 33.9 Å². The van der Waals surface area contributed by atoms with Gasteiger partial charge in [-0.3, -0.25) is 0 Å². The van der Waals surface area contributed by atoms with Crippen molar-refractivity contribution in [2.45, 2.75) is 0 Å². The van der Waals surface area contributed by atoms with Crippen LogP contribution < -0.4 is 0 Å². The largest absolute Gasteiger partial charge is 0.228 e. The summed E-state index contributed by atoms with van der Waals surface area (Å²) in [4.78, 5) is 9.83. The highest BCUT2D eigenvalue weighted by Gasteiger charge is 2.13. The van der Waals surface area contributed by atoms with Crippen LogP contribution in [-0.4, -0.2) is 9.97 Å². The molecule has 0 bridgehead atoms. The van der Waals surface area contributed by atoms with E-state index in [1.165, 1.54) is 10.8 Å². The van der Waals surface area contributed by atoms with Crippen LogP contribution in [0.1, 0.15) is 0 Å². The third-order valence-corrected chi connectivity index (χ3v) is 5.67. The molecule has 4 aromatic carbocycles. The molecule has 138 valence electrons. The number of hydrogen-bond donors (Lipinski definition) is 0. The second-order valence-corrected chi connectivity index (χ2v) is 7.69. The molecule has 0 radical (unpaired) electrons. The van der Waals surface area contributed by atoms with Crippen molar-refractivity contribution in [3.63, 3.8) is 0 Å². The van der Waals surface area contributed by atoms with Gasteiger partial charge in [0.15, 0.2) is 5.82 Å². The smallest absolute Gasteiger partial charge is 0.160 e. The van der Waals surface area contributed by atoms with Gasteiger partial charge in [-0.25, -0.2) is 9.97 Å². The van der Waals surface area contributed by atoms with Crippen molar-refractivity contribution in [2.24, 2.45) is 0 Å². The van der Waals surface area contributed by atoms with Crippen LogP contribution >= 0.6 is 15.9 Å². The summed E-state index contributed by atoms with van der Waals surface area (Å²) in [6.45, 7) is 0. The van der Waals surface area contributed by atoms with Crippen LogP contribution in [0.2, 0.25) is 0 Å². The summed E-state index contributed by atoms with van der Waals surface area (Å²) in [6.07, 6.45) is 0. The van der Waals surface area contributed by atoms with Gasteiger partial charge in [-0.1, -0.05) is 107 Å². The molecule has 5 aromatic rings. The van der Waals surface area contributed by atoms with Gasteiger partial charge in [0.05, 0.1) is 11.4 Å². The third-order valence-electron chi connectivity index (χ3n) is 4.97. The summed E-state index contributed by atoms with van der Waals surface area (Å²) in [6, 6.07) is 35.1. The molecule has 0 saturated heterocycles. The van der Waals surface area contributed by atoms with Gasteiger partial charge in [-0.05, 0) is 22.9 Å². The van der Waals surface area contributed by atoms with Crippen LogP contribution in [0.3, 0.4) is 0 Å². The van der Waals surface area contributed by atoms with Gasteiger partial charge < -0.3 is 0 Å². The fourth-order valence-electron chi connectivity index (χ4n) is 3.54. The van der Waals surface area contributed by atoms with Crippen molar-refractivity contribution in [1.29, 1.82) is 0 Å². The lowest BCUT2D eigenvalue weighted by Crippen LogP contribution is -1.96. The zero-order valence-corrected chi connectivity index (χ0v) is 17.2. The van der Waals surface area contributed by atoms with E-state index in [4.69, 9.17) is 9.97 Å². The lowest BCUT2D eigenvalue weighted by molar-refractivity contribution is 1.18. The van der Waals surface area contributed by atoms with Gasteiger partial charge in [0.2, 0.25) is 0 Å². The van der Waals surface area contributed by atoms with E-state index >= 15 is 0 Å². The average molecular weight is 437 g/mol. The maximum atomic E-state index is 4.95. The van der Waals surface area contributed by atoms with Gasteiger partial charge in [0.25, 0.3) is 0 Å². The number of halogens is 1. The second kappa shape index (κ2) is 7.61. The Bertz CT molecular complexity index is 1240. The van der Waals surface area contributed by atoms with Crippen LogP contribution in [0.5, 0.6) is 0 Å². The van der Waals surface area contributed by atoms with Crippen LogP contribution in [0, 0.1) is 0 Å². The van der Waals surface area contributed by atoms with Crippen molar-refractivity contribution in [1.82, 2.24) is 9.97 Å². The Hall–Kier alpha value is -3.30. The van der Waals surface area contributed by atoms with E-state index in [9.17, 15) is 0 Å². The van der Waals surface area contributed by atoms with Crippen molar-refractivity contribution in [2.75, 3.05) is 0 Å². The highest BCUT2D eigenvalue weighted by molar-refractivity contribution is 9.10. The Labute approximate surface area is 178 Å². The third kappa shape index (κ3) is 3.45. The number of rotatable bonds is 3. The lowest BCUT2D eigenvalue weighted by atomic mass is 10.0. The Kier molecular flexibility index (Phi) is 4.66. The Morgan fingerprint density at radius 1 is 0.517 bits per heavy atom. The first-order valence-corrected chi connectivity index (χ1v) is 10.3. The van der Waals surface area contributed by atoms with Crippen LogP contribution in [0.15, 0.2) is 108 Å². The zero-order chi connectivity index (χ0) is 19.6. The normalized spacial score (nSPS) is 10.9. The van der Waals surface area contributed by atoms with Gasteiger partial charge >= 0.3 is 0 Å². The fraction of sp³-hybridized carbons (Fsp3) is 0. The molecule has 5 rings (SSSR count). The molecule has 0 amide bonds. The van der Waals surface area contributed by atoms with E-state index in [0.717, 1.165) is 38.4 Å². The highest BCUT2D eigenvalue weighted by Crippen LogP contribution is 2.34. The van der Waals surface area contributed by atoms with E-state index in [1.807, 2.05) is 48.5 Å². The number of fused-ring (bicyclic) bond motifs is 1. The topological polar surface area (TPSA) is 25.8 Å². The zero-order valence-electron chi connectivity index (χ0n) is 15.6. The first kappa shape index (κ1) is 17.8. The Morgan fingerprint density at radius 3 is 1.83 bits per heavy atom. The number of aromatic nitrogens is 2. The summed E-state index contributed by atoms with van der Waals surface area (Å²) in [5.41, 5.74) is 5.02. The minimum absolute atomic E-state index is 0.731. The van der Waals surface area contributed by atoms with E-state index in [2.05, 4.69) is 70.5 Å². The maximum absolute atomic E-state index is 4.95. The summed E-state index contributed by atoms with van der Waals surface area (Å²) >= 11 is 3.67. The molecule has 0 aliphatic carbocycles. The highest BCUT2D eigenvalue weighted by atomic mass is 79.9. The van der Waals surface area contributed by atoms with Gasteiger partial charge in [0, 0.05) is 21.2 Å². The van der Waals surface area contributed by atoms with E-state index in [-0.39, 0.29) is 0 Å². The fourth-order valence-corrected chi connectivity index (χ4v) is 4.02. The van der Waals surface area contributed by atoms with E-state index in [1.54, 1.807) is 0 Å². The predicted molar refractivity (Wildman–Crippen MR) is 124 cm³/mol. The van der Waals surface area contributed by atoms with Crippen molar-refractivity contribution < 1.29 is 0 Å². The summed E-state index contributed by atoms with van der Waals surface area (Å²) in [5, 5.41) is 2.34. The minimum atomic E-state index is 0.731. The maximum Gasteiger partial charge on any atom is 0.160 e. The molecular weight excluding hydrogens is 420 g/mol. The molecular formula is C26H17BrN2. The minimum Gasteiger partial charge on any atom is -0.228 e. The summed E-state index contributed by atoms with van der Waals surface area (Å²) in [7, 11) is 0. The molecule has 0 saturated carbocycles. The first-order chi connectivity index (χ1) is 14.3. The molecule has 0 aliphatic heterocycles. The van der Waals surface area contributed by atoms with E-state index in [0.29, 0.717) is 0 Å². The molecule has 0 N–H and O–H groups in total. The SMILES string of the molecule is Brc1ccc(-c2cc(-c3ccccc3)nc(-c3ccccc3)n2)c2ccccc12. The molecule has 2 nitrogen and oxygen atoms in total. The van der Waals surface area contributed by atoms with Gasteiger partial charge in [-0.2, -0.15) is 0 Å². The standard InChI is InChI=1S/C26H17BrN2/c27-23-16-15-22(20-13-7-8-14-21(20)23)25-17-24(18-9-3-1-4-10-18)28-26(29-25)19-11-5-2-6-12-19/h1-17H. The molecule has 1 aromatic heterocycles. The number of hydrogen-bond acceptors (Lipinski definition) is 2. The van der Waals surface area contributed by atoms with Crippen LogP contribution in [-0.2, 0) is 0 Å². The first-order valence-electron chi connectivity index (χ1n) is 9.47. The molecule has 0 aliphatic rings. The van der Waals surface area contributed by atoms with Gasteiger partial charge in [-0.15, -0.1) is 0 Å². The van der Waals surface area contributed by atoms with Crippen LogP contribution in [0.4, 0.5) is 0 Å². The van der Waals surface area contributed by atoms with E-state index < -0.39 is 0 Å².